The van der Waals surface area contributed by atoms with E-state index in [9.17, 15) is 4.79 Å². The molecule has 1 spiro atoms. The van der Waals surface area contributed by atoms with Crippen LogP contribution >= 0.6 is 0 Å². The number of piperidine rings is 1. The zero-order valence-electron chi connectivity index (χ0n) is 13.4. The van der Waals surface area contributed by atoms with Crippen LogP contribution in [0.3, 0.4) is 0 Å². The average Bonchev–Trinajstić information content (AvgIpc) is 2.97. The van der Waals surface area contributed by atoms with Crippen LogP contribution in [0.5, 0.6) is 0 Å². The fourth-order valence-electron chi connectivity index (χ4n) is 3.02. The number of hydrogen-bond donors (Lipinski definition) is 1. The second-order valence-electron chi connectivity index (χ2n) is 6.14. The summed E-state index contributed by atoms with van der Waals surface area (Å²) in [6.45, 7) is 7.23. The molecule has 0 atom stereocenters. The number of benzene rings is 1. The number of anilines is 1. The minimum Gasteiger partial charge on any atom is -0.376 e. The molecule has 1 amide bonds. The first-order chi connectivity index (χ1) is 10.6. The van der Waals surface area contributed by atoms with Crippen molar-refractivity contribution in [3.05, 3.63) is 29.3 Å². The zero-order chi connectivity index (χ0) is 15.6. The van der Waals surface area contributed by atoms with Crippen molar-refractivity contribution in [1.29, 1.82) is 0 Å². The maximum atomic E-state index is 12.3. The van der Waals surface area contributed by atoms with Crippen molar-refractivity contribution in [2.45, 2.75) is 32.5 Å². The van der Waals surface area contributed by atoms with Gasteiger partial charge in [-0.2, -0.15) is 0 Å². The maximum Gasteiger partial charge on any atom is 0.241 e. The van der Waals surface area contributed by atoms with E-state index in [-0.39, 0.29) is 5.91 Å². The number of nitrogens with zero attached hydrogens (tertiary/aromatic N) is 1. The van der Waals surface area contributed by atoms with Crippen molar-refractivity contribution in [3.8, 4) is 0 Å². The predicted octanol–water partition coefficient (Wildman–Crippen LogP) is 2.08. The maximum absolute atomic E-state index is 12.3. The molecule has 3 rings (SSSR count). The molecule has 0 aliphatic carbocycles. The summed E-state index contributed by atoms with van der Waals surface area (Å²) in [4.78, 5) is 14.2. The number of amides is 1. The van der Waals surface area contributed by atoms with Gasteiger partial charge in [-0.15, -0.1) is 0 Å². The fourth-order valence-corrected chi connectivity index (χ4v) is 3.02. The van der Waals surface area contributed by atoms with E-state index in [0.29, 0.717) is 32.8 Å². The van der Waals surface area contributed by atoms with Crippen LogP contribution in [-0.2, 0) is 14.3 Å². The van der Waals surface area contributed by atoms with E-state index in [4.69, 9.17) is 9.47 Å². The lowest BCUT2D eigenvalue weighted by Crippen LogP contribution is -2.48. The van der Waals surface area contributed by atoms with Crippen LogP contribution in [-0.4, -0.2) is 49.4 Å². The molecule has 22 heavy (non-hydrogen) atoms. The molecule has 5 heteroatoms. The van der Waals surface area contributed by atoms with Crippen molar-refractivity contribution in [2.75, 3.05) is 38.2 Å². The van der Waals surface area contributed by atoms with Crippen LogP contribution in [0.4, 0.5) is 5.69 Å². The molecule has 120 valence electrons. The number of carbonyl (C=O) groups excluding carboxylic acids is 1. The number of likely N-dealkylation sites (tertiary alicyclic amines) is 1. The van der Waals surface area contributed by atoms with E-state index in [1.807, 2.05) is 11.0 Å². The standard InChI is InChI=1S/C17H24N2O3/c1-13-3-4-15(11-14(13)2)18-12-16(20)19-7-5-17(6-8-19)21-9-10-22-17/h3-4,11,18H,5-10,12H2,1-2H3. The van der Waals surface area contributed by atoms with Crippen molar-refractivity contribution < 1.29 is 14.3 Å². The molecule has 0 saturated carbocycles. The van der Waals surface area contributed by atoms with Crippen molar-refractivity contribution in [3.63, 3.8) is 0 Å². The highest BCUT2D eigenvalue weighted by Gasteiger charge is 2.40. The first-order valence-electron chi connectivity index (χ1n) is 7.95. The molecule has 2 fully saturated rings. The monoisotopic (exact) mass is 304 g/mol. The molecular weight excluding hydrogens is 280 g/mol. The Bertz CT molecular complexity index is 543. The summed E-state index contributed by atoms with van der Waals surface area (Å²) in [5.41, 5.74) is 3.48. The number of carbonyl (C=O) groups is 1. The van der Waals surface area contributed by atoms with Crippen molar-refractivity contribution >= 4 is 11.6 Å². The zero-order valence-corrected chi connectivity index (χ0v) is 13.4. The van der Waals surface area contributed by atoms with Crippen LogP contribution in [0.1, 0.15) is 24.0 Å². The van der Waals surface area contributed by atoms with E-state index >= 15 is 0 Å². The van der Waals surface area contributed by atoms with Crippen LogP contribution in [0.25, 0.3) is 0 Å². The Labute approximate surface area is 131 Å². The van der Waals surface area contributed by atoms with E-state index < -0.39 is 5.79 Å². The van der Waals surface area contributed by atoms with Gasteiger partial charge < -0.3 is 19.7 Å². The summed E-state index contributed by atoms with van der Waals surface area (Å²) in [5.74, 6) is -0.288. The average molecular weight is 304 g/mol. The van der Waals surface area contributed by atoms with Gasteiger partial charge in [0.05, 0.1) is 19.8 Å². The van der Waals surface area contributed by atoms with E-state index in [0.717, 1.165) is 18.5 Å². The van der Waals surface area contributed by atoms with Crippen molar-refractivity contribution in [2.24, 2.45) is 0 Å². The number of ether oxygens (including phenoxy) is 2. The summed E-state index contributed by atoms with van der Waals surface area (Å²) >= 11 is 0. The molecule has 0 unspecified atom stereocenters. The third-order valence-electron chi connectivity index (χ3n) is 4.64. The Kier molecular flexibility index (Phi) is 4.36. The van der Waals surface area contributed by atoms with Crippen LogP contribution in [0.15, 0.2) is 18.2 Å². The molecule has 2 saturated heterocycles. The Hall–Kier alpha value is -1.59. The lowest BCUT2D eigenvalue weighted by molar-refractivity contribution is -0.187. The highest BCUT2D eigenvalue weighted by molar-refractivity contribution is 5.81. The summed E-state index contributed by atoms with van der Waals surface area (Å²) in [7, 11) is 0. The van der Waals surface area contributed by atoms with Gasteiger partial charge in [-0.25, -0.2) is 0 Å². The molecule has 2 aliphatic rings. The number of hydrogen-bond acceptors (Lipinski definition) is 4. The van der Waals surface area contributed by atoms with Crippen LogP contribution in [0, 0.1) is 13.8 Å². The normalized spacial score (nSPS) is 20.4. The molecule has 1 N–H and O–H groups in total. The van der Waals surface area contributed by atoms with Crippen LogP contribution in [0.2, 0.25) is 0 Å². The molecule has 1 aromatic rings. The molecule has 2 heterocycles. The summed E-state index contributed by atoms with van der Waals surface area (Å²) in [6.07, 6.45) is 1.53. The first-order valence-corrected chi connectivity index (χ1v) is 7.95. The molecule has 5 nitrogen and oxygen atoms in total. The third kappa shape index (κ3) is 3.25. The minimum absolute atomic E-state index is 0.131. The van der Waals surface area contributed by atoms with Gasteiger partial charge in [-0.1, -0.05) is 6.07 Å². The lowest BCUT2D eigenvalue weighted by Gasteiger charge is -2.37. The quantitative estimate of drug-likeness (QED) is 0.929. The highest BCUT2D eigenvalue weighted by Crippen LogP contribution is 2.31. The molecule has 1 aromatic carbocycles. The smallest absolute Gasteiger partial charge is 0.241 e. The summed E-state index contributed by atoms with van der Waals surface area (Å²) in [6, 6.07) is 6.16. The summed E-state index contributed by atoms with van der Waals surface area (Å²) < 4.78 is 11.4. The molecule has 0 radical (unpaired) electrons. The number of aryl methyl sites for hydroxylation is 2. The Morgan fingerprint density at radius 2 is 1.86 bits per heavy atom. The topological polar surface area (TPSA) is 50.8 Å². The summed E-state index contributed by atoms with van der Waals surface area (Å²) in [5, 5.41) is 3.22. The van der Waals surface area contributed by atoms with E-state index in [1.54, 1.807) is 0 Å². The Morgan fingerprint density at radius 1 is 1.18 bits per heavy atom. The second-order valence-corrected chi connectivity index (χ2v) is 6.14. The molecule has 0 bridgehead atoms. The third-order valence-corrected chi connectivity index (χ3v) is 4.64. The van der Waals surface area contributed by atoms with Gasteiger partial charge in [-0.3, -0.25) is 4.79 Å². The van der Waals surface area contributed by atoms with Gasteiger partial charge in [0, 0.05) is 31.6 Å². The SMILES string of the molecule is Cc1ccc(NCC(=O)N2CCC3(CC2)OCCO3)cc1C. The van der Waals surface area contributed by atoms with Gasteiger partial charge in [0.2, 0.25) is 5.91 Å². The highest BCUT2D eigenvalue weighted by atomic mass is 16.7. The van der Waals surface area contributed by atoms with Crippen molar-refractivity contribution in [1.82, 2.24) is 4.90 Å². The minimum atomic E-state index is -0.418. The molecular formula is C17H24N2O3. The van der Waals surface area contributed by atoms with Gasteiger partial charge in [0.25, 0.3) is 0 Å². The predicted molar refractivity (Wildman–Crippen MR) is 84.9 cm³/mol. The molecule has 0 aromatic heterocycles. The largest absolute Gasteiger partial charge is 0.376 e. The van der Waals surface area contributed by atoms with Gasteiger partial charge >= 0.3 is 0 Å². The first kappa shape index (κ1) is 15.3. The number of rotatable bonds is 3. The number of nitrogens with one attached hydrogen (secondary N) is 1. The second kappa shape index (κ2) is 6.26. The van der Waals surface area contributed by atoms with Gasteiger partial charge in [0.15, 0.2) is 5.79 Å². The van der Waals surface area contributed by atoms with E-state index in [1.165, 1.54) is 11.1 Å². The van der Waals surface area contributed by atoms with Gasteiger partial charge in [-0.05, 0) is 37.1 Å². The molecule has 2 aliphatic heterocycles. The Balaban J connectivity index is 1.49. The van der Waals surface area contributed by atoms with E-state index in [2.05, 4.69) is 31.3 Å². The fraction of sp³-hybridized carbons (Fsp3) is 0.588. The lowest BCUT2D eigenvalue weighted by atomic mass is 10.0. The Morgan fingerprint density at radius 3 is 2.50 bits per heavy atom. The van der Waals surface area contributed by atoms with Crippen LogP contribution < -0.4 is 5.32 Å². The van der Waals surface area contributed by atoms with Gasteiger partial charge in [0.1, 0.15) is 0 Å².